The maximum Gasteiger partial charge on any atom is 0.303 e. The van der Waals surface area contributed by atoms with Crippen LogP contribution in [0, 0.1) is 5.82 Å². The Hall–Kier alpha value is -3.64. The molecule has 38 heavy (non-hydrogen) atoms. The lowest BCUT2D eigenvalue weighted by Crippen LogP contribution is -2.56. The van der Waals surface area contributed by atoms with Crippen LogP contribution >= 0.6 is 0 Å². The van der Waals surface area contributed by atoms with Crippen molar-refractivity contribution in [1.82, 2.24) is 24.8 Å². The standard InChI is InChI=1S/C26H28F3N7O2/c1-4-15-7-24(35-25(32-15)26(3,28)29)34-21-9-23(31-14(2)37)30-10-18(21)20-6-5-19(27)22(33-20)13-36-11-16-8-17(12-36)38-16/h5-7,9-10,16-17H,4,8,11-13H2,1-3H3,(H2,30,31,32,34,35,37)/t16-,17+. The van der Waals surface area contributed by atoms with Gasteiger partial charge < -0.3 is 15.4 Å². The van der Waals surface area contributed by atoms with Crippen LogP contribution < -0.4 is 10.6 Å². The highest BCUT2D eigenvalue weighted by Crippen LogP contribution is 2.33. The van der Waals surface area contributed by atoms with Crippen LogP contribution in [0.15, 0.2) is 30.5 Å². The molecule has 0 aromatic carbocycles. The van der Waals surface area contributed by atoms with Gasteiger partial charge in [-0.1, -0.05) is 6.92 Å². The fourth-order valence-corrected chi connectivity index (χ4v) is 4.61. The van der Waals surface area contributed by atoms with E-state index in [2.05, 4.69) is 35.5 Å². The largest absolute Gasteiger partial charge is 0.372 e. The zero-order valence-electron chi connectivity index (χ0n) is 21.3. The first-order valence-corrected chi connectivity index (χ1v) is 12.4. The van der Waals surface area contributed by atoms with Crippen molar-refractivity contribution in [2.24, 2.45) is 0 Å². The second-order valence-corrected chi connectivity index (χ2v) is 9.67. The molecule has 3 aromatic rings. The number of amides is 1. The molecule has 0 radical (unpaired) electrons. The molecule has 9 nitrogen and oxygen atoms in total. The van der Waals surface area contributed by atoms with E-state index in [9.17, 15) is 18.0 Å². The zero-order valence-corrected chi connectivity index (χ0v) is 21.3. The van der Waals surface area contributed by atoms with Gasteiger partial charge in [0.1, 0.15) is 17.5 Å². The maximum atomic E-state index is 14.8. The average molecular weight is 528 g/mol. The molecule has 0 unspecified atom stereocenters. The van der Waals surface area contributed by atoms with Crippen LogP contribution in [0.2, 0.25) is 0 Å². The normalized spacial score (nSPS) is 19.1. The molecule has 200 valence electrons. The summed E-state index contributed by atoms with van der Waals surface area (Å²) in [6, 6.07) is 6.00. The van der Waals surface area contributed by atoms with Gasteiger partial charge in [0.15, 0.2) is 0 Å². The Kier molecular flexibility index (Phi) is 7.01. The summed E-state index contributed by atoms with van der Waals surface area (Å²) in [5.41, 5.74) is 2.01. The molecule has 6 heterocycles. The van der Waals surface area contributed by atoms with E-state index in [0.717, 1.165) is 26.4 Å². The molecule has 3 saturated heterocycles. The van der Waals surface area contributed by atoms with E-state index in [1.54, 1.807) is 19.1 Å². The minimum absolute atomic E-state index is 0.143. The summed E-state index contributed by atoms with van der Waals surface area (Å²) < 4.78 is 48.6. The number of carbonyl (C=O) groups excluding carboxylic acids is 1. The molecular formula is C26H28F3N7O2. The van der Waals surface area contributed by atoms with Gasteiger partial charge in [-0.15, -0.1) is 0 Å². The molecule has 12 heteroatoms. The lowest BCUT2D eigenvalue weighted by atomic mass is 9.98. The van der Waals surface area contributed by atoms with Gasteiger partial charge >= 0.3 is 5.92 Å². The molecule has 0 saturated carbocycles. The van der Waals surface area contributed by atoms with Gasteiger partial charge in [-0.3, -0.25) is 9.69 Å². The number of aromatic nitrogens is 4. The van der Waals surface area contributed by atoms with Gasteiger partial charge in [-0.05, 0) is 18.6 Å². The van der Waals surface area contributed by atoms with E-state index in [4.69, 9.17) is 4.74 Å². The highest BCUT2D eigenvalue weighted by molar-refractivity contribution is 5.89. The van der Waals surface area contributed by atoms with Crippen molar-refractivity contribution < 1.29 is 22.7 Å². The molecule has 3 fully saturated rings. The van der Waals surface area contributed by atoms with E-state index in [-0.39, 0.29) is 35.4 Å². The quantitative estimate of drug-likeness (QED) is 0.444. The molecule has 3 aromatic heterocycles. The number of halogens is 3. The van der Waals surface area contributed by atoms with Crippen molar-refractivity contribution in [3.63, 3.8) is 0 Å². The Labute approximate surface area is 217 Å². The number of nitrogens with one attached hydrogen (secondary N) is 2. The van der Waals surface area contributed by atoms with Crippen LogP contribution in [0.3, 0.4) is 0 Å². The summed E-state index contributed by atoms with van der Waals surface area (Å²) >= 11 is 0. The number of alkyl halides is 2. The number of aryl methyl sites for hydroxylation is 1. The Morgan fingerprint density at radius 2 is 1.89 bits per heavy atom. The van der Waals surface area contributed by atoms with Crippen LogP contribution in [0.4, 0.5) is 30.5 Å². The molecule has 6 rings (SSSR count). The molecular weight excluding hydrogens is 499 g/mol. The minimum Gasteiger partial charge on any atom is -0.372 e. The summed E-state index contributed by atoms with van der Waals surface area (Å²) in [4.78, 5) is 30.6. The third-order valence-electron chi connectivity index (χ3n) is 6.41. The smallest absolute Gasteiger partial charge is 0.303 e. The minimum atomic E-state index is -3.24. The number of hydrogen-bond donors (Lipinski definition) is 2. The lowest BCUT2D eigenvalue weighted by molar-refractivity contribution is -0.182. The topological polar surface area (TPSA) is 105 Å². The number of fused-ring (bicyclic) bond motifs is 2. The van der Waals surface area contributed by atoms with Crippen molar-refractivity contribution in [3.8, 4) is 11.3 Å². The third-order valence-corrected chi connectivity index (χ3v) is 6.41. The van der Waals surface area contributed by atoms with Crippen LogP contribution in [-0.4, -0.2) is 56.0 Å². The number of rotatable bonds is 8. The first kappa shape index (κ1) is 26.0. The Morgan fingerprint density at radius 3 is 2.55 bits per heavy atom. The maximum absolute atomic E-state index is 14.8. The first-order valence-electron chi connectivity index (χ1n) is 12.4. The second kappa shape index (κ2) is 10.3. The Bertz CT molecular complexity index is 1350. The van der Waals surface area contributed by atoms with Gasteiger partial charge in [-0.25, -0.2) is 24.3 Å². The summed E-state index contributed by atoms with van der Waals surface area (Å²) in [7, 11) is 0. The first-order chi connectivity index (χ1) is 18.1. The van der Waals surface area contributed by atoms with Gasteiger partial charge in [0, 0.05) is 69.5 Å². The highest BCUT2D eigenvalue weighted by Gasteiger charge is 2.38. The summed E-state index contributed by atoms with van der Waals surface area (Å²) in [6.45, 7) is 5.66. The average Bonchev–Trinajstić information content (AvgIpc) is 2.84. The number of carbonyl (C=O) groups is 1. The van der Waals surface area contributed by atoms with Crippen molar-refractivity contribution in [2.75, 3.05) is 23.7 Å². The predicted octanol–water partition coefficient (Wildman–Crippen LogP) is 4.42. The molecule has 2 atom stereocenters. The SMILES string of the molecule is CCc1cc(Nc2cc(NC(C)=O)ncc2-c2ccc(F)c(CN3C[C@H]4C[C@@H](C3)O4)n2)nc(C(C)(F)F)n1. The van der Waals surface area contributed by atoms with Crippen LogP contribution in [0.25, 0.3) is 11.3 Å². The van der Waals surface area contributed by atoms with Crippen molar-refractivity contribution in [2.45, 2.75) is 58.3 Å². The van der Waals surface area contributed by atoms with E-state index in [0.29, 0.717) is 35.6 Å². The summed E-state index contributed by atoms with van der Waals surface area (Å²) in [6.07, 6.45) is 3.30. The number of ether oxygens (including phenoxy) is 1. The fraction of sp³-hybridized carbons (Fsp3) is 0.423. The second-order valence-electron chi connectivity index (χ2n) is 9.67. The van der Waals surface area contributed by atoms with Gasteiger partial charge in [0.2, 0.25) is 11.7 Å². The van der Waals surface area contributed by atoms with Gasteiger partial charge in [0.05, 0.1) is 29.3 Å². The number of pyridine rings is 2. The van der Waals surface area contributed by atoms with Crippen molar-refractivity contribution in [3.05, 3.63) is 53.5 Å². The van der Waals surface area contributed by atoms with Gasteiger partial charge in [-0.2, -0.15) is 8.78 Å². The van der Waals surface area contributed by atoms with E-state index in [1.807, 2.05) is 0 Å². The van der Waals surface area contributed by atoms with E-state index < -0.39 is 17.6 Å². The van der Waals surface area contributed by atoms with E-state index in [1.165, 1.54) is 25.3 Å². The number of morpholine rings is 1. The Morgan fingerprint density at radius 1 is 1.16 bits per heavy atom. The molecule has 2 bridgehead atoms. The predicted molar refractivity (Wildman–Crippen MR) is 135 cm³/mol. The number of anilines is 3. The summed E-state index contributed by atoms with van der Waals surface area (Å²) in [5.74, 6) is -4.22. The molecule has 0 aliphatic carbocycles. The van der Waals surface area contributed by atoms with Crippen molar-refractivity contribution in [1.29, 1.82) is 0 Å². The molecule has 0 spiro atoms. The molecule has 1 amide bonds. The molecule has 2 N–H and O–H groups in total. The number of hydrogen-bond acceptors (Lipinski definition) is 8. The van der Waals surface area contributed by atoms with Crippen LogP contribution in [0.1, 0.15) is 44.4 Å². The van der Waals surface area contributed by atoms with Crippen LogP contribution in [-0.2, 0) is 28.4 Å². The highest BCUT2D eigenvalue weighted by atomic mass is 19.3. The molecule has 3 aliphatic rings. The third kappa shape index (κ3) is 5.76. The van der Waals surface area contributed by atoms with E-state index >= 15 is 0 Å². The number of nitrogens with zero attached hydrogens (tertiary/aromatic N) is 5. The van der Waals surface area contributed by atoms with Crippen molar-refractivity contribution >= 4 is 23.2 Å². The lowest BCUT2D eigenvalue weighted by Gasteiger charge is -2.47. The number of piperidine rings is 1. The zero-order chi connectivity index (χ0) is 27.0. The summed E-state index contributed by atoms with van der Waals surface area (Å²) in [5, 5.41) is 5.67. The van der Waals surface area contributed by atoms with Gasteiger partial charge in [0.25, 0.3) is 0 Å². The fourth-order valence-electron chi connectivity index (χ4n) is 4.61. The molecule has 3 aliphatic heterocycles. The Balaban J connectivity index is 1.51. The van der Waals surface area contributed by atoms with Crippen LogP contribution in [0.5, 0.6) is 0 Å². The monoisotopic (exact) mass is 527 g/mol.